The van der Waals surface area contributed by atoms with E-state index in [-0.39, 0.29) is 29.9 Å². The lowest BCUT2D eigenvalue weighted by Crippen LogP contribution is -2.30. The van der Waals surface area contributed by atoms with Crippen LogP contribution in [0.15, 0.2) is 72.1 Å². The molecule has 0 fully saturated rings. The predicted molar refractivity (Wildman–Crippen MR) is 107 cm³/mol. The Hall–Kier alpha value is -3.25. The highest BCUT2D eigenvalue weighted by Gasteiger charge is 2.15. The summed E-state index contributed by atoms with van der Waals surface area (Å²) in [5.41, 5.74) is 1.34. The zero-order chi connectivity index (χ0) is 19.9. The molecular formula is C22H19NO4S. The molecule has 0 spiro atoms. The van der Waals surface area contributed by atoms with Gasteiger partial charge in [-0.25, -0.2) is 4.79 Å². The molecule has 1 aromatic heterocycles. The van der Waals surface area contributed by atoms with Gasteiger partial charge in [-0.3, -0.25) is 9.59 Å². The Labute approximate surface area is 167 Å². The first-order valence-electron chi connectivity index (χ1n) is 8.74. The normalized spacial score (nSPS) is 11.5. The molecule has 6 heteroatoms. The average Bonchev–Trinajstić information content (AvgIpc) is 3.27. The number of benzene rings is 2. The summed E-state index contributed by atoms with van der Waals surface area (Å²) in [6, 6.07) is 18.8. The van der Waals surface area contributed by atoms with E-state index in [4.69, 9.17) is 4.74 Å². The van der Waals surface area contributed by atoms with Crippen molar-refractivity contribution in [2.45, 2.75) is 13.0 Å². The molecule has 0 saturated heterocycles. The third kappa shape index (κ3) is 4.92. The lowest BCUT2D eigenvalue weighted by molar-refractivity contribution is -0.124. The number of hydrogen-bond donors (Lipinski definition) is 1. The quantitative estimate of drug-likeness (QED) is 0.486. The fraction of sp³-hybridized carbons (Fsp3) is 0.136. The first-order chi connectivity index (χ1) is 13.5. The first kappa shape index (κ1) is 19.5. The van der Waals surface area contributed by atoms with Gasteiger partial charge in [0.1, 0.15) is 0 Å². The maximum Gasteiger partial charge on any atom is 0.338 e. The van der Waals surface area contributed by atoms with Crippen molar-refractivity contribution in [3.8, 4) is 0 Å². The number of carbonyl (C=O) groups is 3. The minimum atomic E-state index is -0.613. The van der Waals surface area contributed by atoms with E-state index in [2.05, 4.69) is 5.32 Å². The van der Waals surface area contributed by atoms with Crippen LogP contribution in [0.5, 0.6) is 0 Å². The van der Waals surface area contributed by atoms with Crippen LogP contribution < -0.4 is 5.32 Å². The molecule has 142 valence electrons. The van der Waals surface area contributed by atoms with Crippen molar-refractivity contribution in [1.29, 1.82) is 0 Å². The summed E-state index contributed by atoms with van der Waals surface area (Å²) in [6.45, 7) is 1.51. The highest BCUT2D eigenvalue weighted by Crippen LogP contribution is 2.18. The topological polar surface area (TPSA) is 72.5 Å². The van der Waals surface area contributed by atoms with E-state index in [1.807, 2.05) is 30.5 Å². The second kappa shape index (κ2) is 9.10. The highest BCUT2D eigenvalue weighted by molar-refractivity contribution is 7.10. The zero-order valence-electron chi connectivity index (χ0n) is 15.3. The number of amides is 1. The molecule has 0 aliphatic carbocycles. The van der Waals surface area contributed by atoms with Crippen LogP contribution in [0.25, 0.3) is 0 Å². The van der Waals surface area contributed by atoms with Gasteiger partial charge in [-0.05, 0) is 30.5 Å². The number of ether oxygens (including phenoxy) is 1. The van der Waals surface area contributed by atoms with E-state index in [0.717, 1.165) is 4.88 Å². The molecule has 0 aliphatic heterocycles. The highest BCUT2D eigenvalue weighted by atomic mass is 32.1. The lowest BCUT2D eigenvalue weighted by Gasteiger charge is -2.12. The summed E-state index contributed by atoms with van der Waals surface area (Å²) in [7, 11) is 0. The molecule has 0 bridgehead atoms. The van der Waals surface area contributed by atoms with Crippen LogP contribution >= 0.6 is 11.3 Å². The van der Waals surface area contributed by atoms with E-state index in [1.165, 1.54) is 12.1 Å². The zero-order valence-corrected chi connectivity index (χ0v) is 16.1. The standard InChI is InChI=1S/C22H19NO4S/c1-15(19-8-5-13-28-19)23-20(24)14-27-22(26)18-11-9-17(10-12-18)21(25)16-6-3-2-4-7-16/h2-13,15H,14H2,1H3,(H,23,24)/t15-/m1/s1. The van der Waals surface area contributed by atoms with Gasteiger partial charge in [0, 0.05) is 16.0 Å². The molecule has 1 N–H and O–H groups in total. The van der Waals surface area contributed by atoms with Crippen LogP contribution in [0, 0.1) is 0 Å². The van der Waals surface area contributed by atoms with Crippen molar-refractivity contribution < 1.29 is 19.1 Å². The van der Waals surface area contributed by atoms with Crippen molar-refractivity contribution in [1.82, 2.24) is 5.32 Å². The summed E-state index contributed by atoms with van der Waals surface area (Å²) >= 11 is 1.55. The molecule has 2 aromatic carbocycles. The van der Waals surface area contributed by atoms with Gasteiger partial charge in [0.2, 0.25) is 0 Å². The lowest BCUT2D eigenvalue weighted by atomic mass is 10.0. The van der Waals surface area contributed by atoms with Crippen molar-refractivity contribution >= 4 is 29.0 Å². The first-order valence-corrected chi connectivity index (χ1v) is 9.62. The molecule has 3 rings (SSSR count). The molecule has 28 heavy (non-hydrogen) atoms. The molecule has 0 unspecified atom stereocenters. The number of esters is 1. The molecule has 3 aromatic rings. The molecule has 1 atom stereocenters. The van der Waals surface area contributed by atoms with E-state index in [0.29, 0.717) is 11.1 Å². The minimum absolute atomic E-state index is 0.123. The van der Waals surface area contributed by atoms with Gasteiger partial charge in [-0.15, -0.1) is 11.3 Å². The predicted octanol–water partition coefficient (Wildman–Crippen LogP) is 4.01. The number of carbonyl (C=O) groups excluding carboxylic acids is 3. The number of rotatable bonds is 7. The Morgan fingerprint density at radius 1 is 0.893 bits per heavy atom. The largest absolute Gasteiger partial charge is 0.452 e. The van der Waals surface area contributed by atoms with Crippen molar-refractivity contribution in [3.05, 3.63) is 93.7 Å². The molecule has 5 nitrogen and oxygen atoms in total. The Morgan fingerprint density at radius 3 is 2.18 bits per heavy atom. The fourth-order valence-electron chi connectivity index (χ4n) is 2.62. The summed E-state index contributed by atoms with van der Waals surface area (Å²) in [5, 5.41) is 4.72. The van der Waals surface area contributed by atoms with Crippen LogP contribution in [0.1, 0.15) is 44.1 Å². The van der Waals surface area contributed by atoms with Gasteiger partial charge in [0.05, 0.1) is 11.6 Å². The molecule has 0 radical (unpaired) electrons. The summed E-state index contributed by atoms with van der Waals surface area (Å²) in [6.07, 6.45) is 0. The SMILES string of the molecule is C[C@@H](NC(=O)COC(=O)c1ccc(C(=O)c2ccccc2)cc1)c1cccs1. The molecule has 1 amide bonds. The smallest absolute Gasteiger partial charge is 0.338 e. The second-order valence-electron chi connectivity index (χ2n) is 6.15. The van der Waals surface area contributed by atoms with Gasteiger partial charge in [-0.1, -0.05) is 48.5 Å². The van der Waals surface area contributed by atoms with Gasteiger partial charge >= 0.3 is 5.97 Å². The summed E-state index contributed by atoms with van der Waals surface area (Å²) in [5.74, 6) is -1.11. The number of nitrogens with one attached hydrogen (secondary N) is 1. The number of ketones is 1. The Balaban J connectivity index is 1.53. The monoisotopic (exact) mass is 393 g/mol. The fourth-order valence-corrected chi connectivity index (χ4v) is 3.35. The molecular weight excluding hydrogens is 374 g/mol. The Kier molecular flexibility index (Phi) is 6.34. The van der Waals surface area contributed by atoms with Crippen LogP contribution in [0.4, 0.5) is 0 Å². The van der Waals surface area contributed by atoms with Crippen molar-refractivity contribution in [3.63, 3.8) is 0 Å². The summed E-state index contributed by atoms with van der Waals surface area (Å²) < 4.78 is 5.06. The van der Waals surface area contributed by atoms with E-state index in [9.17, 15) is 14.4 Å². The van der Waals surface area contributed by atoms with Gasteiger partial charge < -0.3 is 10.1 Å². The Morgan fingerprint density at radius 2 is 1.54 bits per heavy atom. The minimum Gasteiger partial charge on any atom is -0.452 e. The van der Waals surface area contributed by atoms with Crippen molar-refractivity contribution in [2.75, 3.05) is 6.61 Å². The van der Waals surface area contributed by atoms with Crippen LogP contribution in [0.3, 0.4) is 0 Å². The number of thiophene rings is 1. The van der Waals surface area contributed by atoms with E-state index < -0.39 is 5.97 Å². The van der Waals surface area contributed by atoms with Crippen LogP contribution in [-0.2, 0) is 9.53 Å². The van der Waals surface area contributed by atoms with Gasteiger partial charge in [0.25, 0.3) is 5.91 Å². The second-order valence-corrected chi connectivity index (χ2v) is 7.13. The molecule has 0 aliphatic rings. The van der Waals surface area contributed by atoms with E-state index in [1.54, 1.807) is 47.7 Å². The van der Waals surface area contributed by atoms with Crippen LogP contribution in [0.2, 0.25) is 0 Å². The van der Waals surface area contributed by atoms with Gasteiger partial charge in [-0.2, -0.15) is 0 Å². The maximum atomic E-state index is 12.4. The maximum absolute atomic E-state index is 12.4. The molecule has 1 heterocycles. The molecule has 0 saturated carbocycles. The van der Waals surface area contributed by atoms with Crippen molar-refractivity contribution in [2.24, 2.45) is 0 Å². The third-order valence-corrected chi connectivity index (χ3v) is 5.16. The summed E-state index contributed by atoms with van der Waals surface area (Å²) in [4.78, 5) is 37.5. The van der Waals surface area contributed by atoms with Gasteiger partial charge in [0.15, 0.2) is 12.4 Å². The Bertz CT molecular complexity index is 950. The average molecular weight is 393 g/mol. The number of hydrogen-bond acceptors (Lipinski definition) is 5. The van der Waals surface area contributed by atoms with E-state index >= 15 is 0 Å². The third-order valence-electron chi connectivity index (χ3n) is 4.10. The van der Waals surface area contributed by atoms with Crippen LogP contribution in [-0.4, -0.2) is 24.3 Å².